The van der Waals surface area contributed by atoms with Gasteiger partial charge in [0.15, 0.2) is 6.23 Å². The van der Waals surface area contributed by atoms with Gasteiger partial charge in [-0.2, -0.15) is 4.98 Å². The second-order valence-electron chi connectivity index (χ2n) is 15.0. The summed E-state index contributed by atoms with van der Waals surface area (Å²) in [5, 5.41) is 7.24. The average Bonchev–Trinajstić information content (AvgIpc) is 3.37. The molecule has 2 saturated heterocycles. The number of aromatic nitrogens is 2. The van der Waals surface area contributed by atoms with Crippen LogP contribution in [-0.2, 0) is 29.0 Å². The lowest BCUT2D eigenvalue weighted by Crippen LogP contribution is -2.66. The quantitative estimate of drug-likeness (QED) is 0.128. The maximum Gasteiger partial charge on any atom is 0.351 e. The highest BCUT2D eigenvalue weighted by atomic mass is 28.5. The molecule has 0 saturated carbocycles. The van der Waals surface area contributed by atoms with Crippen LogP contribution in [0.4, 0.5) is 5.82 Å². The van der Waals surface area contributed by atoms with E-state index in [2.05, 4.69) is 115 Å². The largest absolute Gasteiger partial charge is 0.414 e. The highest BCUT2D eigenvalue weighted by Crippen LogP contribution is 2.49. The fraction of sp³-hybridized carbons (Fsp3) is 0.474. The van der Waals surface area contributed by atoms with Gasteiger partial charge in [-0.05, 0) is 66.1 Å². The van der Waals surface area contributed by atoms with Gasteiger partial charge in [0.25, 0.3) is 0 Å². The minimum atomic E-state index is -3.00. The van der Waals surface area contributed by atoms with Gasteiger partial charge >= 0.3 is 22.8 Å². The van der Waals surface area contributed by atoms with E-state index in [1.165, 1.54) is 31.5 Å². The van der Waals surface area contributed by atoms with Gasteiger partial charge in [0.2, 0.25) is 0 Å². The summed E-state index contributed by atoms with van der Waals surface area (Å²) in [6, 6.07) is 21.1. The van der Waals surface area contributed by atoms with Crippen LogP contribution in [0.15, 0.2) is 71.7 Å². The number of anilines is 1. The maximum atomic E-state index is 13.3. The molecule has 0 spiro atoms. The van der Waals surface area contributed by atoms with Crippen molar-refractivity contribution < 1.29 is 22.4 Å². The van der Waals surface area contributed by atoms with Crippen LogP contribution in [0.2, 0.25) is 22.2 Å². The van der Waals surface area contributed by atoms with Crippen LogP contribution in [0, 0.1) is 0 Å². The van der Waals surface area contributed by atoms with E-state index in [9.17, 15) is 4.79 Å². The highest BCUT2D eigenvalue weighted by Gasteiger charge is 2.62. The van der Waals surface area contributed by atoms with Crippen molar-refractivity contribution in [1.29, 1.82) is 0 Å². The molecule has 4 atom stereocenters. The first kappa shape index (κ1) is 34.3. The summed E-state index contributed by atoms with van der Waals surface area (Å²) in [7, 11) is -5.80. The number of rotatable bonds is 8. The minimum Gasteiger partial charge on any atom is -0.414 e. The van der Waals surface area contributed by atoms with Crippen LogP contribution in [0.5, 0.6) is 0 Å². The Balaban J connectivity index is 1.32. The molecule has 0 bridgehead atoms. The number of ether oxygens (including phenoxy) is 2. The molecule has 0 aliphatic carbocycles. The Kier molecular flexibility index (Phi) is 9.00. The van der Waals surface area contributed by atoms with Gasteiger partial charge in [0.1, 0.15) is 24.1 Å². The molecule has 2 aliphatic heterocycles. The maximum absolute atomic E-state index is 13.3. The molecule has 0 radical (unpaired) electrons. The summed E-state index contributed by atoms with van der Waals surface area (Å²) in [5.74, 6) is 0.153. The number of nitrogens with zero attached hydrogens (tertiary/aromatic N) is 2. The molecule has 1 aromatic heterocycles. The summed E-state index contributed by atoms with van der Waals surface area (Å²) in [6.07, 6.45) is -0.863. The van der Waals surface area contributed by atoms with Crippen LogP contribution in [-0.4, -0.2) is 51.6 Å². The molecule has 5 aromatic rings. The third-order valence-corrected chi connectivity index (χ3v) is 21.0. The number of fused-ring (bicyclic) bond motifs is 1. The molecule has 7 rings (SSSR count). The van der Waals surface area contributed by atoms with Gasteiger partial charge in [-0.25, -0.2) is 4.79 Å². The Morgan fingerprint density at radius 3 is 2.08 bits per heavy atom. The summed E-state index contributed by atoms with van der Waals surface area (Å²) < 4.78 is 37.1. The van der Waals surface area contributed by atoms with Crippen molar-refractivity contribution in [1.82, 2.24) is 9.55 Å². The first-order valence-electron chi connectivity index (χ1n) is 17.7. The molecular formula is C38H49N3O6Si2. The highest BCUT2D eigenvalue weighted by molar-refractivity contribution is 6.84. The molecule has 2 aliphatic rings. The van der Waals surface area contributed by atoms with Crippen molar-refractivity contribution in [2.75, 3.05) is 12.3 Å². The van der Waals surface area contributed by atoms with Crippen molar-refractivity contribution in [2.24, 2.45) is 0 Å². The van der Waals surface area contributed by atoms with Gasteiger partial charge in [0.05, 0.1) is 13.2 Å². The van der Waals surface area contributed by atoms with E-state index in [0.29, 0.717) is 6.61 Å². The number of nitrogens with two attached hydrogens (primary N) is 1. The van der Waals surface area contributed by atoms with Crippen LogP contribution in [0.3, 0.4) is 0 Å². The van der Waals surface area contributed by atoms with Crippen molar-refractivity contribution in [3.63, 3.8) is 0 Å². The third kappa shape index (κ3) is 5.63. The SMILES string of the molecule is CC(C)[Si]1(C(C)C)OC[C@H]2O[C@@H](n3ccc(N)nc3=O)[C@H](OCc3ccc4ccc5cccc6ccc3c4c56)[C@@H]2O[Si](C(C)C)(C(C)C)O1. The normalized spacial score (nSPS) is 24.1. The summed E-state index contributed by atoms with van der Waals surface area (Å²) in [6.45, 7) is 18.2. The van der Waals surface area contributed by atoms with Crippen molar-refractivity contribution in [3.8, 4) is 0 Å². The molecule has 0 unspecified atom stereocenters. The van der Waals surface area contributed by atoms with Gasteiger partial charge in [-0.3, -0.25) is 4.57 Å². The molecule has 4 aromatic carbocycles. The van der Waals surface area contributed by atoms with E-state index in [1.54, 1.807) is 12.3 Å². The lowest BCUT2D eigenvalue weighted by molar-refractivity contribution is -0.0781. The monoisotopic (exact) mass is 699 g/mol. The van der Waals surface area contributed by atoms with E-state index >= 15 is 0 Å². The third-order valence-electron chi connectivity index (χ3n) is 10.8. The molecular weight excluding hydrogens is 651 g/mol. The van der Waals surface area contributed by atoms with Crippen molar-refractivity contribution in [3.05, 3.63) is 82.9 Å². The van der Waals surface area contributed by atoms with E-state index in [1.807, 2.05) is 0 Å². The van der Waals surface area contributed by atoms with Crippen molar-refractivity contribution in [2.45, 2.75) is 109 Å². The number of hydrogen-bond acceptors (Lipinski definition) is 8. The number of hydrogen-bond donors (Lipinski definition) is 1. The smallest absolute Gasteiger partial charge is 0.351 e. The Bertz CT molecular complexity index is 2000. The van der Waals surface area contributed by atoms with E-state index in [-0.39, 0.29) is 34.6 Å². The summed E-state index contributed by atoms with van der Waals surface area (Å²) in [5.41, 5.74) is 7.09. The van der Waals surface area contributed by atoms with Crippen LogP contribution >= 0.6 is 0 Å². The van der Waals surface area contributed by atoms with Crippen LogP contribution in [0.1, 0.15) is 67.2 Å². The fourth-order valence-electron chi connectivity index (χ4n) is 8.25. The first-order chi connectivity index (χ1) is 23.4. The summed E-state index contributed by atoms with van der Waals surface area (Å²) in [4.78, 5) is 17.4. The van der Waals surface area contributed by atoms with E-state index in [0.717, 1.165) is 10.9 Å². The zero-order chi connectivity index (χ0) is 34.8. The second kappa shape index (κ2) is 12.9. The molecule has 260 valence electrons. The summed E-state index contributed by atoms with van der Waals surface area (Å²) >= 11 is 0. The second-order valence-corrected chi connectivity index (χ2v) is 23.9. The minimum absolute atomic E-state index is 0.123. The average molecular weight is 700 g/mol. The Morgan fingerprint density at radius 1 is 0.837 bits per heavy atom. The van der Waals surface area contributed by atoms with Crippen LogP contribution in [0.25, 0.3) is 32.3 Å². The predicted molar refractivity (Wildman–Crippen MR) is 199 cm³/mol. The Hall–Kier alpha value is -3.17. The standard InChI is InChI=1S/C38H49N3O6Si2/c1-22(2)48(23(3)4)44-21-31-35(46-49(47-48,24(5)6)25(7)8)36(37(45-31)41-19-18-32(39)40-38(41)42)43-20-29-15-14-28-13-12-26-10-9-11-27-16-17-30(29)34(28)33(26)27/h9-19,22-25,31,35-37H,20-21H2,1-8H3,(H2,39,40,42)/t31-,35-,36-,37-/m1/s1. The zero-order valence-corrected chi connectivity index (χ0v) is 31.8. The molecule has 49 heavy (non-hydrogen) atoms. The first-order valence-corrected chi connectivity index (χ1v) is 21.6. The molecule has 11 heteroatoms. The van der Waals surface area contributed by atoms with Gasteiger partial charge in [-0.15, -0.1) is 0 Å². The lowest BCUT2D eigenvalue weighted by atomic mass is 9.92. The predicted octanol–water partition coefficient (Wildman–Crippen LogP) is 8.16. The van der Waals surface area contributed by atoms with Crippen molar-refractivity contribution >= 4 is 55.3 Å². The van der Waals surface area contributed by atoms with Crippen LogP contribution < -0.4 is 11.4 Å². The Morgan fingerprint density at radius 2 is 1.45 bits per heavy atom. The van der Waals surface area contributed by atoms with Gasteiger partial charge < -0.3 is 28.2 Å². The fourth-order valence-corrected chi connectivity index (χ4v) is 19.5. The zero-order valence-electron chi connectivity index (χ0n) is 29.8. The number of nitrogen functional groups attached to an aromatic ring is 1. The molecule has 9 nitrogen and oxygen atoms in total. The van der Waals surface area contributed by atoms with Gasteiger partial charge in [-0.1, -0.05) is 110 Å². The van der Waals surface area contributed by atoms with E-state index < -0.39 is 47.4 Å². The lowest BCUT2D eigenvalue weighted by Gasteiger charge is -2.51. The van der Waals surface area contributed by atoms with E-state index in [4.69, 9.17) is 28.2 Å². The number of benzene rings is 4. The molecule has 2 N–H and O–H groups in total. The van der Waals surface area contributed by atoms with Gasteiger partial charge in [0, 0.05) is 6.20 Å². The Labute approximate surface area is 290 Å². The molecule has 0 amide bonds. The molecule has 3 heterocycles. The topological polar surface area (TPSA) is 107 Å². The molecule has 2 fully saturated rings.